The zero-order valence-corrected chi connectivity index (χ0v) is 17.8. The van der Waals surface area contributed by atoms with Crippen LogP contribution in [0.3, 0.4) is 0 Å². The molecule has 27 heavy (non-hydrogen) atoms. The topological polar surface area (TPSA) is 66.5 Å². The Balaban J connectivity index is 1.58. The number of halogens is 1. The molecule has 1 heterocycles. The van der Waals surface area contributed by atoms with E-state index < -0.39 is 10.0 Å². The minimum atomic E-state index is -3.52. The Morgan fingerprint density at radius 1 is 1.11 bits per heavy atom. The van der Waals surface area contributed by atoms with E-state index in [1.54, 1.807) is 23.1 Å². The number of carbonyl (C=O) groups is 1. The van der Waals surface area contributed by atoms with Crippen LogP contribution in [-0.4, -0.2) is 26.9 Å². The Bertz CT molecular complexity index is 984. The molecule has 1 amide bonds. The van der Waals surface area contributed by atoms with Gasteiger partial charge in [0.2, 0.25) is 10.0 Å². The maximum Gasteiger partial charge on any atom is 0.258 e. The molecular weight excluding hydrogens is 475 g/mol. The van der Waals surface area contributed by atoms with E-state index in [2.05, 4.69) is 27.3 Å². The first kappa shape index (κ1) is 18.9. The third-order valence-electron chi connectivity index (χ3n) is 5.25. The summed E-state index contributed by atoms with van der Waals surface area (Å²) in [5.74, 6) is -0.0491. The van der Waals surface area contributed by atoms with Crippen LogP contribution in [0.2, 0.25) is 0 Å². The lowest BCUT2D eigenvalue weighted by atomic mass is 10.1. The number of nitrogens with zero attached hydrogens (tertiary/aromatic N) is 1. The van der Waals surface area contributed by atoms with E-state index in [4.69, 9.17) is 0 Å². The summed E-state index contributed by atoms with van der Waals surface area (Å²) in [6, 6.07) is 12.6. The molecule has 1 saturated carbocycles. The van der Waals surface area contributed by atoms with Gasteiger partial charge < -0.3 is 4.90 Å². The SMILES string of the molecule is O=C(c1cccc(I)c1)N1CCc2cc(S(=O)(=O)NC3CCCC3)ccc21. The van der Waals surface area contributed by atoms with Gasteiger partial charge in [-0.25, -0.2) is 13.1 Å². The number of carbonyl (C=O) groups excluding carboxylic acids is 1. The van der Waals surface area contributed by atoms with E-state index in [1.807, 2.05) is 24.3 Å². The van der Waals surface area contributed by atoms with Crippen LogP contribution in [0.1, 0.15) is 41.6 Å². The number of rotatable bonds is 4. The van der Waals surface area contributed by atoms with Crippen LogP contribution in [0.4, 0.5) is 5.69 Å². The number of nitrogens with one attached hydrogen (secondary N) is 1. The van der Waals surface area contributed by atoms with E-state index in [-0.39, 0.29) is 16.8 Å². The molecule has 0 unspecified atom stereocenters. The fraction of sp³-hybridized carbons (Fsp3) is 0.350. The van der Waals surface area contributed by atoms with Crippen LogP contribution in [0.5, 0.6) is 0 Å². The van der Waals surface area contributed by atoms with Gasteiger partial charge in [0, 0.05) is 27.4 Å². The highest BCUT2D eigenvalue weighted by Gasteiger charge is 2.28. The van der Waals surface area contributed by atoms with Crippen molar-refractivity contribution in [3.63, 3.8) is 0 Å². The van der Waals surface area contributed by atoms with Gasteiger partial charge in [0.05, 0.1) is 4.90 Å². The highest BCUT2D eigenvalue weighted by atomic mass is 127. The molecule has 0 bridgehead atoms. The summed E-state index contributed by atoms with van der Waals surface area (Å²) in [5, 5.41) is 0. The van der Waals surface area contributed by atoms with Gasteiger partial charge in [-0.3, -0.25) is 4.79 Å². The normalized spacial score (nSPS) is 17.3. The number of fused-ring (bicyclic) bond motifs is 1. The Morgan fingerprint density at radius 3 is 2.63 bits per heavy atom. The molecule has 2 aliphatic rings. The average Bonchev–Trinajstić information content (AvgIpc) is 3.29. The number of hydrogen-bond donors (Lipinski definition) is 1. The molecular formula is C20H21IN2O3S. The zero-order chi connectivity index (χ0) is 19.0. The lowest BCUT2D eigenvalue weighted by Gasteiger charge is -2.18. The summed E-state index contributed by atoms with van der Waals surface area (Å²) in [6.07, 6.45) is 4.63. The van der Waals surface area contributed by atoms with Crippen molar-refractivity contribution >= 4 is 44.2 Å². The van der Waals surface area contributed by atoms with Gasteiger partial charge in [0.25, 0.3) is 5.91 Å². The molecule has 1 aliphatic heterocycles. The van der Waals surface area contributed by atoms with E-state index in [1.165, 1.54) is 0 Å². The highest BCUT2D eigenvalue weighted by Crippen LogP contribution is 2.32. The standard InChI is InChI=1S/C20H21IN2O3S/c21-16-5-3-4-15(12-16)20(24)23-11-10-14-13-18(8-9-19(14)23)27(25,26)22-17-6-1-2-7-17/h3-5,8-9,12-13,17,22H,1-2,6-7,10-11H2. The number of benzene rings is 2. The van der Waals surface area contributed by atoms with E-state index >= 15 is 0 Å². The van der Waals surface area contributed by atoms with Crippen molar-refractivity contribution in [1.29, 1.82) is 0 Å². The molecule has 0 radical (unpaired) electrons. The fourth-order valence-electron chi connectivity index (χ4n) is 3.86. The Labute approximate surface area is 173 Å². The van der Waals surface area contributed by atoms with Gasteiger partial charge in [0.15, 0.2) is 0 Å². The van der Waals surface area contributed by atoms with E-state index in [9.17, 15) is 13.2 Å². The molecule has 7 heteroatoms. The third-order valence-corrected chi connectivity index (χ3v) is 7.44. The molecule has 1 aliphatic carbocycles. The maximum absolute atomic E-state index is 12.9. The van der Waals surface area contributed by atoms with Gasteiger partial charge in [-0.15, -0.1) is 0 Å². The van der Waals surface area contributed by atoms with Crippen molar-refractivity contribution in [2.75, 3.05) is 11.4 Å². The van der Waals surface area contributed by atoms with Crippen LogP contribution < -0.4 is 9.62 Å². The van der Waals surface area contributed by atoms with Crippen molar-refractivity contribution in [2.24, 2.45) is 0 Å². The fourth-order valence-corrected chi connectivity index (χ4v) is 5.76. The van der Waals surface area contributed by atoms with Crippen molar-refractivity contribution in [2.45, 2.75) is 43.0 Å². The maximum atomic E-state index is 12.9. The van der Waals surface area contributed by atoms with Crippen LogP contribution in [0, 0.1) is 3.57 Å². The Morgan fingerprint density at radius 2 is 1.89 bits per heavy atom. The number of sulfonamides is 1. The molecule has 5 nitrogen and oxygen atoms in total. The monoisotopic (exact) mass is 496 g/mol. The van der Waals surface area contributed by atoms with E-state index in [0.29, 0.717) is 18.5 Å². The number of hydrogen-bond acceptors (Lipinski definition) is 3. The van der Waals surface area contributed by atoms with Crippen molar-refractivity contribution in [3.05, 3.63) is 57.2 Å². The molecule has 0 saturated heterocycles. The second-order valence-corrected chi connectivity index (χ2v) is 10.1. The minimum Gasteiger partial charge on any atom is -0.308 e. The quantitative estimate of drug-likeness (QED) is 0.657. The molecule has 1 N–H and O–H groups in total. The summed E-state index contributed by atoms with van der Waals surface area (Å²) < 4.78 is 29.2. The van der Waals surface area contributed by atoms with Gasteiger partial charge >= 0.3 is 0 Å². The van der Waals surface area contributed by atoms with Gasteiger partial charge in [-0.1, -0.05) is 18.9 Å². The van der Waals surface area contributed by atoms with Crippen molar-refractivity contribution < 1.29 is 13.2 Å². The molecule has 0 spiro atoms. The van der Waals surface area contributed by atoms with Gasteiger partial charge in [0.1, 0.15) is 0 Å². The van der Waals surface area contributed by atoms with Crippen LogP contribution >= 0.6 is 22.6 Å². The largest absolute Gasteiger partial charge is 0.308 e. The average molecular weight is 496 g/mol. The number of amides is 1. The predicted octanol–water partition coefficient (Wildman–Crippen LogP) is 3.72. The molecule has 1 fully saturated rings. The van der Waals surface area contributed by atoms with Crippen LogP contribution in [-0.2, 0) is 16.4 Å². The first-order chi connectivity index (χ1) is 12.9. The molecule has 2 aromatic carbocycles. The van der Waals surface area contributed by atoms with Crippen molar-refractivity contribution in [3.8, 4) is 0 Å². The smallest absolute Gasteiger partial charge is 0.258 e. The summed E-state index contributed by atoms with van der Waals surface area (Å²) in [4.78, 5) is 14.9. The van der Waals surface area contributed by atoms with Gasteiger partial charge in [-0.2, -0.15) is 0 Å². The first-order valence-corrected chi connectivity index (χ1v) is 11.7. The molecule has 142 valence electrons. The summed E-state index contributed by atoms with van der Waals surface area (Å²) in [5.41, 5.74) is 2.36. The highest BCUT2D eigenvalue weighted by molar-refractivity contribution is 14.1. The summed E-state index contributed by atoms with van der Waals surface area (Å²) >= 11 is 2.19. The van der Waals surface area contributed by atoms with Crippen LogP contribution in [0.25, 0.3) is 0 Å². The predicted molar refractivity (Wildman–Crippen MR) is 114 cm³/mol. The second kappa shape index (κ2) is 7.52. The summed E-state index contributed by atoms with van der Waals surface area (Å²) in [6.45, 7) is 0.569. The number of anilines is 1. The lowest BCUT2D eigenvalue weighted by molar-refractivity contribution is 0.0989. The molecule has 0 atom stereocenters. The second-order valence-electron chi connectivity index (χ2n) is 7.11. The van der Waals surface area contributed by atoms with Gasteiger partial charge in [-0.05, 0) is 83.8 Å². The first-order valence-electron chi connectivity index (χ1n) is 9.17. The minimum absolute atomic E-state index is 0.0434. The molecule has 4 rings (SSSR count). The Kier molecular flexibility index (Phi) is 5.26. The molecule has 2 aromatic rings. The van der Waals surface area contributed by atoms with Crippen molar-refractivity contribution in [1.82, 2.24) is 4.72 Å². The summed E-state index contributed by atoms with van der Waals surface area (Å²) in [7, 11) is -3.52. The van der Waals surface area contributed by atoms with E-state index in [0.717, 1.165) is 40.5 Å². The lowest BCUT2D eigenvalue weighted by Crippen LogP contribution is -2.32. The zero-order valence-electron chi connectivity index (χ0n) is 14.8. The Hall–Kier alpha value is -1.45. The van der Waals surface area contributed by atoms with Crippen LogP contribution in [0.15, 0.2) is 47.4 Å². The third kappa shape index (κ3) is 3.90. The molecule has 0 aromatic heterocycles.